The fraction of sp³-hybridized carbons (Fsp3) is 0.267. The van der Waals surface area contributed by atoms with Gasteiger partial charge < -0.3 is 14.8 Å². The maximum absolute atomic E-state index is 6.07. The average Bonchev–Trinajstić information content (AvgIpc) is 2.48. The highest BCUT2D eigenvalue weighted by Gasteiger charge is 2.07. The summed E-state index contributed by atoms with van der Waals surface area (Å²) < 4.78 is 11.1. The standard InChI is InChI=1S/C15H17ClN2O2/c1-17-8-11-3-4-13(19-2)7-15(11)20-10-12-5-6-18-9-14(12)16/h3-7,9,17H,8,10H2,1-2H3. The number of nitrogens with one attached hydrogen (secondary N) is 1. The third-order valence-electron chi connectivity index (χ3n) is 2.88. The quantitative estimate of drug-likeness (QED) is 0.889. The number of hydrogen-bond acceptors (Lipinski definition) is 4. The van der Waals surface area contributed by atoms with Crippen molar-refractivity contribution in [3.05, 3.63) is 52.8 Å². The number of nitrogens with zero attached hydrogens (tertiary/aromatic N) is 1. The molecule has 0 saturated carbocycles. The molecule has 5 heteroatoms. The van der Waals surface area contributed by atoms with Crippen LogP contribution >= 0.6 is 11.6 Å². The summed E-state index contributed by atoms with van der Waals surface area (Å²) in [6, 6.07) is 7.62. The van der Waals surface area contributed by atoms with Crippen molar-refractivity contribution in [2.45, 2.75) is 13.2 Å². The largest absolute Gasteiger partial charge is 0.497 e. The molecule has 0 fully saturated rings. The predicted octanol–water partition coefficient (Wildman–Crippen LogP) is 3.04. The van der Waals surface area contributed by atoms with Gasteiger partial charge >= 0.3 is 0 Å². The van der Waals surface area contributed by atoms with E-state index in [4.69, 9.17) is 21.1 Å². The SMILES string of the molecule is CNCc1ccc(OC)cc1OCc1ccncc1Cl. The van der Waals surface area contributed by atoms with Crippen molar-refractivity contribution >= 4 is 11.6 Å². The summed E-state index contributed by atoms with van der Waals surface area (Å²) in [6.45, 7) is 1.12. The first kappa shape index (κ1) is 14.6. The van der Waals surface area contributed by atoms with Crippen molar-refractivity contribution in [1.29, 1.82) is 0 Å². The van der Waals surface area contributed by atoms with Gasteiger partial charge in [-0.05, 0) is 19.2 Å². The lowest BCUT2D eigenvalue weighted by atomic mass is 10.2. The number of methoxy groups -OCH3 is 1. The highest BCUT2D eigenvalue weighted by molar-refractivity contribution is 6.31. The lowest BCUT2D eigenvalue weighted by Crippen LogP contribution is -2.08. The molecule has 0 bridgehead atoms. The van der Waals surface area contributed by atoms with Gasteiger partial charge in [-0.1, -0.05) is 17.7 Å². The van der Waals surface area contributed by atoms with Crippen molar-refractivity contribution in [2.24, 2.45) is 0 Å². The van der Waals surface area contributed by atoms with Crippen LogP contribution in [-0.2, 0) is 13.2 Å². The fourth-order valence-electron chi connectivity index (χ4n) is 1.81. The predicted molar refractivity (Wildman–Crippen MR) is 79.3 cm³/mol. The van der Waals surface area contributed by atoms with Gasteiger partial charge in [-0.15, -0.1) is 0 Å². The van der Waals surface area contributed by atoms with Crippen LogP contribution in [0.4, 0.5) is 0 Å². The van der Waals surface area contributed by atoms with E-state index in [1.807, 2.05) is 31.3 Å². The third-order valence-corrected chi connectivity index (χ3v) is 3.22. The molecule has 20 heavy (non-hydrogen) atoms. The van der Waals surface area contributed by atoms with Crippen LogP contribution < -0.4 is 14.8 Å². The minimum absolute atomic E-state index is 0.394. The van der Waals surface area contributed by atoms with Gasteiger partial charge in [0, 0.05) is 36.1 Å². The second-order valence-corrected chi connectivity index (χ2v) is 4.67. The van der Waals surface area contributed by atoms with Gasteiger partial charge in [0.1, 0.15) is 18.1 Å². The molecule has 0 amide bonds. The molecule has 0 saturated heterocycles. The summed E-state index contributed by atoms with van der Waals surface area (Å²) >= 11 is 6.07. The van der Waals surface area contributed by atoms with Crippen LogP contribution in [0.1, 0.15) is 11.1 Å². The molecular formula is C15H17ClN2O2. The van der Waals surface area contributed by atoms with Gasteiger partial charge in [0.25, 0.3) is 0 Å². The Labute approximate surface area is 123 Å². The van der Waals surface area contributed by atoms with Crippen molar-refractivity contribution in [3.8, 4) is 11.5 Å². The highest BCUT2D eigenvalue weighted by Crippen LogP contribution is 2.26. The van der Waals surface area contributed by atoms with Gasteiger partial charge in [-0.2, -0.15) is 0 Å². The van der Waals surface area contributed by atoms with Crippen molar-refractivity contribution in [1.82, 2.24) is 10.3 Å². The van der Waals surface area contributed by atoms with E-state index in [0.717, 1.165) is 29.2 Å². The molecule has 0 unspecified atom stereocenters. The summed E-state index contributed by atoms with van der Waals surface area (Å²) in [5.41, 5.74) is 1.97. The van der Waals surface area contributed by atoms with Crippen molar-refractivity contribution < 1.29 is 9.47 Å². The van der Waals surface area contributed by atoms with E-state index in [1.165, 1.54) is 0 Å². The molecule has 1 heterocycles. The third kappa shape index (κ3) is 3.62. The Kier molecular flexibility index (Phi) is 5.21. The monoisotopic (exact) mass is 292 g/mol. The molecule has 2 rings (SSSR count). The molecule has 1 N–H and O–H groups in total. The van der Waals surface area contributed by atoms with E-state index in [0.29, 0.717) is 11.6 Å². The minimum atomic E-state index is 0.394. The molecular weight excluding hydrogens is 276 g/mol. The zero-order valence-corrected chi connectivity index (χ0v) is 12.3. The topological polar surface area (TPSA) is 43.4 Å². The van der Waals surface area contributed by atoms with Crippen LogP contribution in [0.2, 0.25) is 5.02 Å². The number of rotatable bonds is 6. The van der Waals surface area contributed by atoms with Crippen molar-refractivity contribution in [3.63, 3.8) is 0 Å². The molecule has 106 valence electrons. The summed E-state index contributed by atoms with van der Waals surface area (Å²) in [7, 11) is 3.53. The van der Waals surface area contributed by atoms with Gasteiger partial charge in [0.05, 0.1) is 12.1 Å². The van der Waals surface area contributed by atoms with Crippen LogP contribution in [0.15, 0.2) is 36.7 Å². The van der Waals surface area contributed by atoms with Gasteiger partial charge in [-0.25, -0.2) is 0 Å². The van der Waals surface area contributed by atoms with Gasteiger partial charge in [0.2, 0.25) is 0 Å². The maximum Gasteiger partial charge on any atom is 0.127 e. The van der Waals surface area contributed by atoms with E-state index < -0.39 is 0 Å². The first-order chi connectivity index (χ1) is 9.74. The number of ether oxygens (including phenoxy) is 2. The number of aromatic nitrogens is 1. The van der Waals surface area contributed by atoms with E-state index >= 15 is 0 Å². The molecule has 0 aliphatic carbocycles. The van der Waals surface area contributed by atoms with Crippen LogP contribution in [0.25, 0.3) is 0 Å². The van der Waals surface area contributed by atoms with Gasteiger partial charge in [-0.3, -0.25) is 4.98 Å². The zero-order chi connectivity index (χ0) is 14.4. The molecule has 0 atom stereocenters. The zero-order valence-electron chi connectivity index (χ0n) is 11.5. The molecule has 1 aromatic heterocycles. The van der Waals surface area contributed by atoms with E-state index in [9.17, 15) is 0 Å². The Hall–Kier alpha value is -1.78. The molecule has 0 aliphatic rings. The Morgan fingerprint density at radius 3 is 2.80 bits per heavy atom. The number of pyridine rings is 1. The van der Waals surface area contributed by atoms with Crippen molar-refractivity contribution in [2.75, 3.05) is 14.2 Å². The van der Waals surface area contributed by atoms with E-state index in [-0.39, 0.29) is 0 Å². The smallest absolute Gasteiger partial charge is 0.127 e. The van der Waals surface area contributed by atoms with Crippen LogP contribution in [0, 0.1) is 0 Å². The number of halogens is 1. The first-order valence-corrected chi connectivity index (χ1v) is 6.65. The van der Waals surface area contributed by atoms with Gasteiger partial charge in [0.15, 0.2) is 0 Å². The van der Waals surface area contributed by atoms with Crippen LogP contribution in [0.5, 0.6) is 11.5 Å². The van der Waals surface area contributed by atoms with Crippen LogP contribution in [0.3, 0.4) is 0 Å². The molecule has 4 nitrogen and oxygen atoms in total. The minimum Gasteiger partial charge on any atom is -0.497 e. The molecule has 0 radical (unpaired) electrons. The second kappa shape index (κ2) is 7.12. The average molecular weight is 293 g/mol. The first-order valence-electron chi connectivity index (χ1n) is 6.27. The fourth-order valence-corrected chi connectivity index (χ4v) is 1.98. The summed E-state index contributed by atoms with van der Waals surface area (Å²) in [5, 5.41) is 3.72. The Morgan fingerprint density at radius 2 is 2.10 bits per heavy atom. The normalized spacial score (nSPS) is 10.3. The molecule has 0 aliphatic heterocycles. The molecule has 2 aromatic rings. The second-order valence-electron chi connectivity index (χ2n) is 4.26. The molecule has 1 aromatic carbocycles. The Bertz CT molecular complexity index is 576. The lowest BCUT2D eigenvalue weighted by molar-refractivity contribution is 0.300. The Balaban J connectivity index is 2.17. The summed E-state index contributed by atoms with van der Waals surface area (Å²) in [6.07, 6.45) is 3.31. The van der Waals surface area contributed by atoms with E-state index in [2.05, 4.69) is 10.3 Å². The van der Waals surface area contributed by atoms with Crippen LogP contribution in [-0.4, -0.2) is 19.1 Å². The highest BCUT2D eigenvalue weighted by atomic mass is 35.5. The maximum atomic E-state index is 6.07. The Morgan fingerprint density at radius 1 is 1.25 bits per heavy atom. The number of benzene rings is 1. The molecule has 0 spiro atoms. The summed E-state index contributed by atoms with van der Waals surface area (Å²) in [4.78, 5) is 3.96. The lowest BCUT2D eigenvalue weighted by Gasteiger charge is -2.13. The van der Waals surface area contributed by atoms with E-state index in [1.54, 1.807) is 19.5 Å². The number of hydrogen-bond donors (Lipinski definition) is 1. The summed E-state index contributed by atoms with van der Waals surface area (Å²) in [5.74, 6) is 1.55.